The number of aromatic nitrogens is 2. The second kappa shape index (κ2) is 5.69. The molecule has 3 aromatic heterocycles. The molecule has 0 saturated heterocycles. The molecule has 3 rings (SSSR count). The number of pyridine rings is 1. The van der Waals surface area contributed by atoms with Gasteiger partial charge in [0.2, 0.25) is 0 Å². The first-order chi connectivity index (χ1) is 10.3. The van der Waals surface area contributed by atoms with Gasteiger partial charge in [-0.3, -0.25) is 4.79 Å². The molecule has 0 saturated carbocycles. The van der Waals surface area contributed by atoms with E-state index in [4.69, 9.17) is 0 Å². The van der Waals surface area contributed by atoms with Crippen molar-refractivity contribution in [2.75, 3.05) is 13.1 Å². The van der Waals surface area contributed by atoms with Crippen molar-refractivity contribution < 1.29 is 4.79 Å². The SMILES string of the molecule is CCN(CC)C(=O)c1sc2ncccc2c1-n1cccc1. The van der Waals surface area contributed by atoms with Crippen molar-refractivity contribution in [3.63, 3.8) is 0 Å². The number of hydrogen-bond donors (Lipinski definition) is 0. The van der Waals surface area contributed by atoms with E-state index in [0.717, 1.165) is 20.8 Å². The predicted octanol–water partition coefficient (Wildman–Crippen LogP) is 3.57. The summed E-state index contributed by atoms with van der Waals surface area (Å²) in [6.07, 6.45) is 5.70. The van der Waals surface area contributed by atoms with Crippen molar-refractivity contribution in [1.82, 2.24) is 14.5 Å². The summed E-state index contributed by atoms with van der Waals surface area (Å²) in [5.41, 5.74) is 0.935. The molecule has 5 heteroatoms. The number of nitrogens with zero attached hydrogens (tertiary/aromatic N) is 3. The van der Waals surface area contributed by atoms with Crippen molar-refractivity contribution in [1.29, 1.82) is 0 Å². The smallest absolute Gasteiger partial charge is 0.266 e. The summed E-state index contributed by atoms with van der Waals surface area (Å²) in [6, 6.07) is 7.86. The Morgan fingerprint density at radius 3 is 2.62 bits per heavy atom. The first-order valence-electron chi connectivity index (χ1n) is 7.06. The van der Waals surface area contributed by atoms with Crippen LogP contribution in [0.5, 0.6) is 0 Å². The lowest BCUT2D eigenvalue weighted by atomic mass is 10.2. The van der Waals surface area contributed by atoms with E-state index in [-0.39, 0.29) is 5.91 Å². The third-order valence-electron chi connectivity index (χ3n) is 3.55. The topological polar surface area (TPSA) is 38.1 Å². The van der Waals surface area contributed by atoms with Gasteiger partial charge in [-0.25, -0.2) is 4.98 Å². The lowest BCUT2D eigenvalue weighted by Crippen LogP contribution is -2.30. The van der Waals surface area contributed by atoms with E-state index in [0.29, 0.717) is 13.1 Å². The maximum atomic E-state index is 12.8. The van der Waals surface area contributed by atoms with E-state index in [1.807, 2.05) is 60.0 Å². The number of carbonyl (C=O) groups excluding carboxylic acids is 1. The summed E-state index contributed by atoms with van der Waals surface area (Å²) in [5.74, 6) is 0.0756. The van der Waals surface area contributed by atoms with Crippen LogP contribution in [-0.2, 0) is 0 Å². The molecular weight excluding hydrogens is 282 g/mol. The van der Waals surface area contributed by atoms with Crippen LogP contribution in [0.1, 0.15) is 23.5 Å². The van der Waals surface area contributed by atoms with Gasteiger partial charge >= 0.3 is 0 Å². The molecule has 0 aromatic carbocycles. The molecule has 0 aliphatic heterocycles. The number of carbonyl (C=O) groups is 1. The maximum Gasteiger partial charge on any atom is 0.266 e. The molecule has 0 N–H and O–H groups in total. The Balaban J connectivity index is 2.22. The van der Waals surface area contributed by atoms with E-state index in [9.17, 15) is 4.79 Å². The fourth-order valence-electron chi connectivity index (χ4n) is 2.46. The summed E-state index contributed by atoms with van der Waals surface area (Å²) in [6.45, 7) is 5.43. The van der Waals surface area contributed by atoms with E-state index in [1.165, 1.54) is 11.3 Å². The standard InChI is InChI=1S/C16H17N3OS/c1-3-18(4-2)16(20)14-13(19-10-5-6-11-19)12-8-7-9-17-15(12)21-14/h5-11H,3-4H2,1-2H3. The highest BCUT2D eigenvalue weighted by molar-refractivity contribution is 7.21. The molecule has 21 heavy (non-hydrogen) atoms. The fraction of sp³-hybridized carbons (Fsp3) is 0.250. The van der Waals surface area contributed by atoms with Crippen LogP contribution in [0.15, 0.2) is 42.9 Å². The molecule has 1 amide bonds. The molecule has 4 nitrogen and oxygen atoms in total. The lowest BCUT2D eigenvalue weighted by molar-refractivity contribution is 0.0778. The van der Waals surface area contributed by atoms with Gasteiger partial charge in [0.15, 0.2) is 0 Å². The van der Waals surface area contributed by atoms with Crippen LogP contribution in [0.2, 0.25) is 0 Å². The molecule has 3 heterocycles. The Labute approximate surface area is 127 Å². The molecule has 0 unspecified atom stereocenters. The number of hydrogen-bond acceptors (Lipinski definition) is 3. The second-order valence-corrected chi connectivity index (χ2v) is 5.70. The molecule has 0 spiro atoms. The van der Waals surface area contributed by atoms with Crippen molar-refractivity contribution in [2.24, 2.45) is 0 Å². The molecule has 0 aliphatic carbocycles. The zero-order valence-electron chi connectivity index (χ0n) is 12.1. The molecule has 108 valence electrons. The minimum absolute atomic E-state index is 0.0756. The average Bonchev–Trinajstić information content (AvgIpc) is 3.14. The van der Waals surface area contributed by atoms with Gasteiger partial charge in [-0.2, -0.15) is 0 Å². The van der Waals surface area contributed by atoms with E-state index in [2.05, 4.69) is 4.98 Å². The maximum absolute atomic E-state index is 12.8. The van der Waals surface area contributed by atoms with Gasteiger partial charge in [-0.1, -0.05) is 0 Å². The minimum atomic E-state index is 0.0756. The van der Waals surface area contributed by atoms with Gasteiger partial charge in [0, 0.05) is 37.1 Å². The normalized spacial score (nSPS) is 11.0. The summed E-state index contributed by atoms with van der Waals surface area (Å²) in [7, 11) is 0. The summed E-state index contributed by atoms with van der Waals surface area (Å²) in [5, 5.41) is 1.02. The molecular formula is C16H17N3OS. The Hall–Kier alpha value is -2.14. The number of thiophene rings is 1. The quantitative estimate of drug-likeness (QED) is 0.738. The highest BCUT2D eigenvalue weighted by Crippen LogP contribution is 2.33. The molecule has 0 atom stereocenters. The van der Waals surface area contributed by atoms with Crippen LogP contribution in [0.4, 0.5) is 0 Å². The van der Waals surface area contributed by atoms with E-state index < -0.39 is 0 Å². The highest BCUT2D eigenvalue weighted by atomic mass is 32.1. The van der Waals surface area contributed by atoms with E-state index >= 15 is 0 Å². The summed E-state index contributed by atoms with van der Waals surface area (Å²) in [4.78, 5) is 20.7. The fourth-order valence-corrected chi connectivity index (χ4v) is 3.57. The number of amides is 1. The lowest BCUT2D eigenvalue weighted by Gasteiger charge is -2.18. The van der Waals surface area contributed by atoms with Crippen molar-refractivity contribution in [2.45, 2.75) is 13.8 Å². The molecule has 0 bridgehead atoms. The Kier molecular flexibility index (Phi) is 3.75. The van der Waals surface area contributed by atoms with Crippen LogP contribution in [0.25, 0.3) is 15.9 Å². The minimum Gasteiger partial charge on any atom is -0.338 e. The third kappa shape index (κ3) is 2.34. The Bertz CT molecular complexity index is 757. The first-order valence-corrected chi connectivity index (χ1v) is 7.88. The molecule has 0 fully saturated rings. The van der Waals surface area contributed by atoms with Gasteiger partial charge in [0.05, 0.1) is 5.69 Å². The number of fused-ring (bicyclic) bond motifs is 1. The van der Waals surface area contributed by atoms with Crippen LogP contribution in [0, 0.1) is 0 Å². The van der Waals surface area contributed by atoms with Crippen molar-refractivity contribution >= 4 is 27.5 Å². The first kappa shape index (κ1) is 13.8. The van der Waals surface area contributed by atoms with Crippen LogP contribution in [0.3, 0.4) is 0 Å². The van der Waals surface area contributed by atoms with Gasteiger partial charge in [-0.15, -0.1) is 11.3 Å². The zero-order chi connectivity index (χ0) is 14.8. The zero-order valence-corrected chi connectivity index (χ0v) is 12.9. The monoisotopic (exact) mass is 299 g/mol. The van der Waals surface area contributed by atoms with Gasteiger partial charge < -0.3 is 9.47 Å². The van der Waals surface area contributed by atoms with Crippen LogP contribution < -0.4 is 0 Å². The Morgan fingerprint density at radius 2 is 1.95 bits per heavy atom. The van der Waals surface area contributed by atoms with Crippen LogP contribution in [-0.4, -0.2) is 33.4 Å². The largest absolute Gasteiger partial charge is 0.338 e. The molecule has 0 radical (unpaired) electrons. The van der Waals surface area contributed by atoms with Gasteiger partial charge in [-0.05, 0) is 38.1 Å². The van der Waals surface area contributed by atoms with E-state index in [1.54, 1.807) is 6.20 Å². The van der Waals surface area contributed by atoms with Crippen molar-refractivity contribution in [3.8, 4) is 5.69 Å². The summed E-state index contributed by atoms with van der Waals surface area (Å²) >= 11 is 1.47. The molecule has 0 aliphatic rings. The van der Waals surface area contributed by atoms with Gasteiger partial charge in [0.1, 0.15) is 9.71 Å². The predicted molar refractivity (Wildman–Crippen MR) is 86.2 cm³/mol. The highest BCUT2D eigenvalue weighted by Gasteiger charge is 2.23. The second-order valence-electron chi connectivity index (χ2n) is 4.70. The number of rotatable bonds is 4. The third-order valence-corrected chi connectivity index (χ3v) is 4.64. The Morgan fingerprint density at radius 1 is 1.24 bits per heavy atom. The molecule has 3 aromatic rings. The van der Waals surface area contributed by atoms with Crippen LogP contribution >= 0.6 is 11.3 Å². The average molecular weight is 299 g/mol. The van der Waals surface area contributed by atoms with Gasteiger partial charge in [0.25, 0.3) is 5.91 Å². The van der Waals surface area contributed by atoms with Crippen molar-refractivity contribution in [3.05, 3.63) is 47.7 Å². The summed E-state index contributed by atoms with van der Waals surface area (Å²) < 4.78 is 2.00.